The third-order valence-electron chi connectivity index (χ3n) is 9.59. The average molecular weight is 612 g/mol. The summed E-state index contributed by atoms with van der Waals surface area (Å²) in [5.41, 5.74) is 6.46. The van der Waals surface area contributed by atoms with Gasteiger partial charge >= 0.3 is 6.01 Å². The van der Waals surface area contributed by atoms with E-state index in [1.54, 1.807) is 23.8 Å². The number of anilines is 2. The summed E-state index contributed by atoms with van der Waals surface area (Å²) in [6, 6.07) is 4.00. The topological polar surface area (TPSA) is 80.8 Å². The van der Waals surface area contributed by atoms with Gasteiger partial charge in [-0.25, -0.2) is 13.2 Å². The summed E-state index contributed by atoms with van der Waals surface area (Å²) < 4.78 is 48.2. The maximum absolute atomic E-state index is 14.8. The van der Waals surface area contributed by atoms with Crippen molar-refractivity contribution in [3.63, 3.8) is 0 Å². The van der Waals surface area contributed by atoms with Crippen LogP contribution in [0.3, 0.4) is 0 Å². The van der Waals surface area contributed by atoms with Crippen molar-refractivity contribution in [1.82, 2.24) is 24.8 Å². The number of nitrogens with one attached hydrogen (secondary N) is 1. The molecule has 5 heterocycles. The van der Waals surface area contributed by atoms with Crippen molar-refractivity contribution in [2.45, 2.75) is 45.7 Å². The zero-order valence-electron chi connectivity index (χ0n) is 25.7. The largest absolute Gasteiger partial charge is 0.463 e. The highest BCUT2D eigenvalue weighted by Crippen LogP contribution is 2.39. The quantitative estimate of drug-likeness (QED) is 0.400. The van der Waals surface area contributed by atoms with Crippen LogP contribution in [-0.2, 0) is 17.8 Å². The number of aromatic nitrogens is 3. The Labute approximate surface area is 255 Å². The number of allylic oxidation sites excluding steroid dienone is 1. The van der Waals surface area contributed by atoms with Gasteiger partial charge < -0.3 is 24.4 Å². The molecular formula is C32H40F3N7O2. The number of halogens is 3. The second-order valence-electron chi connectivity index (χ2n) is 12.2. The van der Waals surface area contributed by atoms with E-state index in [0.29, 0.717) is 39.1 Å². The van der Waals surface area contributed by atoms with Crippen LogP contribution >= 0.6 is 0 Å². The van der Waals surface area contributed by atoms with Crippen LogP contribution in [0.15, 0.2) is 30.5 Å². The highest BCUT2D eigenvalue weighted by molar-refractivity contribution is 5.95. The molecule has 3 aliphatic heterocycles. The molecule has 1 aromatic carbocycles. The highest BCUT2D eigenvalue weighted by atomic mass is 19.3. The molecule has 6 rings (SSSR count). The van der Waals surface area contributed by atoms with Crippen LogP contribution in [0.4, 0.5) is 24.7 Å². The third-order valence-corrected chi connectivity index (χ3v) is 9.59. The molecule has 0 bridgehead atoms. The van der Waals surface area contributed by atoms with E-state index in [-0.39, 0.29) is 31.1 Å². The van der Waals surface area contributed by atoms with Gasteiger partial charge in [0.15, 0.2) is 0 Å². The number of hydrogen-bond acceptors (Lipinski definition) is 7. The van der Waals surface area contributed by atoms with Gasteiger partial charge in [-0.2, -0.15) is 9.97 Å². The number of nitrogens with zero attached hydrogens (tertiary/aromatic N) is 6. The lowest BCUT2D eigenvalue weighted by atomic mass is 9.99. The van der Waals surface area contributed by atoms with Gasteiger partial charge in [0.25, 0.3) is 5.92 Å². The van der Waals surface area contributed by atoms with Crippen molar-refractivity contribution < 1.29 is 22.7 Å². The van der Waals surface area contributed by atoms with Crippen LogP contribution in [0.5, 0.6) is 6.01 Å². The summed E-state index contributed by atoms with van der Waals surface area (Å²) in [4.78, 5) is 33.2. The monoisotopic (exact) mass is 611 g/mol. The molecule has 1 N–H and O–H groups in total. The van der Waals surface area contributed by atoms with Gasteiger partial charge in [0.2, 0.25) is 5.91 Å². The Hall–Kier alpha value is -3.80. The lowest BCUT2D eigenvalue weighted by molar-refractivity contribution is -0.126. The fraction of sp³-hybridized carbons (Fsp3) is 0.531. The Morgan fingerprint density at radius 3 is 2.64 bits per heavy atom. The number of carbonyl (C=O) groups excluding carboxylic acids is 1. The fourth-order valence-corrected chi connectivity index (χ4v) is 6.80. The molecule has 9 nitrogen and oxygen atoms in total. The number of fused-ring (bicyclic) bond motifs is 2. The van der Waals surface area contributed by atoms with Crippen LogP contribution in [0.1, 0.15) is 29.3 Å². The number of H-pyrrole nitrogens is 1. The zero-order chi connectivity index (χ0) is 31.2. The van der Waals surface area contributed by atoms with Gasteiger partial charge in [0.05, 0.1) is 24.7 Å². The van der Waals surface area contributed by atoms with Crippen molar-refractivity contribution in [1.29, 1.82) is 0 Å². The Bertz CT molecular complexity index is 1570. The Balaban J connectivity index is 1.31. The smallest absolute Gasteiger partial charge is 0.318 e. The third kappa shape index (κ3) is 5.60. The van der Waals surface area contributed by atoms with Crippen molar-refractivity contribution in [3.8, 4) is 6.01 Å². The lowest BCUT2D eigenvalue weighted by Crippen LogP contribution is -2.49. The van der Waals surface area contributed by atoms with E-state index in [4.69, 9.17) is 14.7 Å². The molecule has 3 aliphatic rings. The molecule has 1 amide bonds. The number of aryl methyl sites for hydroxylation is 1. The van der Waals surface area contributed by atoms with Gasteiger partial charge in [-0.05, 0) is 63.6 Å². The summed E-state index contributed by atoms with van der Waals surface area (Å²) in [5, 5.41) is 1.14. The van der Waals surface area contributed by atoms with E-state index in [1.165, 1.54) is 23.3 Å². The predicted molar refractivity (Wildman–Crippen MR) is 164 cm³/mol. The molecule has 2 fully saturated rings. The van der Waals surface area contributed by atoms with Gasteiger partial charge in [-0.15, -0.1) is 0 Å². The number of aromatic amines is 1. The van der Waals surface area contributed by atoms with E-state index in [2.05, 4.69) is 40.8 Å². The summed E-state index contributed by atoms with van der Waals surface area (Å²) in [6.45, 7) is 8.14. The minimum absolute atomic E-state index is 0.0929. The summed E-state index contributed by atoms with van der Waals surface area (Å²) in [5.74, 6) is -3.33. The zero-order valence-corrected chi connectivity index (χ0v) is 25.7. The first-order valence-corrected chi connectivity index (χ1v) is 15.3. The molecule has 2 aromatic heterocycles. The number of likely N-dealkylation sites (tertiary alicyclic amines) is 1. The first kappa shape index (κ1) is 30.2. The van der Waals surface area contributed by atoms with Crippen molar-refractivity contribution >= 4 is 28.3 Å². The number of rotatable bonds is 7. The fourth-order valence-electron chi connectivity index (χ4n) is 6.80. The average Bonchev–Trinajstić information content (AvgIpc) is 3.54. The number of ether oxygens (including phenoxy) is 1. The number of piperazine rings is 1. The second kappa shape index (κ2) is 11.9. The van der Waals surface area contributed by atoms with Crippen molar-refractivity contribution in [3.05, 3.63) is 52.9 Å². The number of amides is 1. The maximum Gasteiger partial charge on any atom is 0.318 e. The van der Waals surface area contributed by atoms with Crippen LogP contribution in [-0.4, -0.2) is 102 Å². The Morgan fingerprint density at radius 2 is 1.93 bits per heavy atom. The van der Waals surface area contributed by atoms with Crippen molar-refractivity contribution in [2.24, 2.45) is 5.92 Å². The highest BCUT2D eigenvalue weighted by Gasteiger charge is 2.51. The molecule has 0 aliphatic carbocycles. The minimum atomic E-state index is -2.87. The molecule has 2 atom stereocenters. The number of hydrogen-bond donors (Lipinski definition) is 1. The molecule has 44 heavy (non-hydrogen) atoms. The normalized spacial score (nSPS) is 22.3. The lowest BCUT2D eigenvalue weighted by Gasteiger charge is -2.38. The van der Waals surface area contributed by atoms with E-state index in [0.717, 1.165) is 40.2 Å². The minimum Gasteiger partial charge on any atom is -0.463 e. The van der Waals surface area contributed by atoms with Crippen LogP contribution in [0.25, 0.3) is 10.9 Å². The van der Waals surface area contributed by atoms with E-state index in [1.807, 2.05) is 6.20 Å². The maximum atomic E-state index is 14.8. The summed E-state index contributed by atoms with van der Waals surface area (Å²) in [6.07, 6.45) is 5.14. The number of benzene rings is 1. The molecule has 0 radical (unpaired) electrons. The van der Waals surface area contributed by atoms with Gasteiger partial charge in [-0.1, -0.05) is 0 Å². The second-order valence-corrected chi connectivity index (χ2v) is 12.2. The molecule has 2 saturated heterocycles. The number of alkyl halides is 3. The molecule has 12 heteroatoms. The molecule has 3 aromatic rings. The van der Waals surface area contributed by atoms with Gasteiger partial charge in [0, 0.05) is 73.2 Å². The molecular weight excluding hydrogens is 571 g/mol. The van der Waals surface area contributed by atoms with Crippen LogP contribution < -0.4 is 14.5 Å². The number of carbonyl (C=O) groups is 1. The van der Waals surface area contributed by atoms with E-state index >= 15 is 0 Å². The van der Waals surface area contributed by atoms with E-state index in [9.17, 15) is 18.0 Å². The SMILES string of the molecule is Cc1cc2[nH]ccc2c(N2CCc3c(nc(OC[C@H]4[C@@H](C)N(C)CC4(F)F)nc3N3CCN(C(=O)/C=C/CF)CC3)C2)c1C. The molecule has 0 unspecified atom stereocenters. The Morgan fingerprint density at radius 1 is 1.16 bits per heavy atom. The van der Waals surface area contributed by atoms with Crippen molar-refractivity contribution in [2.75, 3.05) is 69.4 Å². The van der Waals surface area contributed by atoms with Crippen LogP contribution in [0.2, 0.25) is 0 Å². The molecule has 0 saturated carbocycles. The Kier molecular flexibility index (Phi) is 8.21. The molecule has 0 spiro atoms. The van der Waals surface area contributed by atoms with Gasteiger partial charge in [0.1, 0.15) is 19.1 Å². The van der Waals surface area contributed by atoms with E-state index < -0.39 is 18.5 Å². The first-order chi connectivity index (χ1) is 21.1. The van der Waals surface area contributed by atoms with Crippen LogP contribution in [0, 0.1) is 19.8 Å². The van der Waals surface area contributed by atoms with Gasteiger partial charge in [-0.3, -0.25) is 9.69 Å². The first-order valence-electron chi connectivity index (χ1n) is 15.3. The predicted octanol–water partition coefficient (Wildman–Crippen LogP) is 4.28. The summed E-state index contributed by atoms with van der Waals surface area (Å²) >= 11 is 0. The molecule has 236 valence electrons. The summed E-state index contributed by atoms with van der Waals surface area (Å²) in [7, 11) is 1.70. The standard InChI is InChI=1S/C32H40F3N7O2/c1-20-16-26-23(7-10-36-26)29(21(20)2)42-11-8-24-27(17-42)37-31(44-18-25-22(3)39(4)19-32(25,34)35)38-30(24)41-14-12-40(13-15-41)28(43)6-5-9-33/h5-7,10,16,22,25,36H,8-9,11-15,17-19H2,1-4H3/b6-5+/t22-,25+/m1/s1.